The van der Waals surface area contributed by atoms with Crippen molar-refractivity contribution in [3.63, 3.8) is 0 Å². The number of carbonyl (C=O) groups is 2. The topological polar surface area (TPSA) is 78.9 Å². The number of carboxylic acid groups (broad SMARTS) is 1. The molecule has 4 unspecified atom stereocenters. The lowest BCUT2D eigenvalue weighted by molar-refractivity contribution is -0.143. The maximum Gasteiger partial charge on any atom is 0.308 e. The van der Waals surface area contributed by atoms with Gasteiger partial charge in [-0.1, -0.05) is 0 Å². The molecule has 0 aliphatic carbocycles. The summed E-state index contributed by atoms with van der Waals surface area (Å²) in [6.07, 6.45) is 2.83. The summed E-state index contributed by atoms with van der Waals surface area (Å²) in [7, 11) is 0. The fourth-order valence-corrected chi connectivity index (χ4v) is 3.71. The van der Waals surface area contributed by atoms with E-state index in [1.165, 1.54) is 0 Å². The van der Waals surface area contributed by atoms with E-state index < -0.39 is 5.97 Å². The lowest BCUT2D eigenvalue weighted by Crippen LogP contribution is -2.46. The van der Waals surface area contributed by atoms with Gasteiger partial charge in [0.05, 0.1) is 19.1 Å². The summed E-state index contributed by atoms with van der Waals surface area (Å²) in [4.78, 5) is 25.4. The van der Waals surface area contributed by atoms with Crippen LogP contribution in [0.25, 0.3) is 0 Å². The molecule has 3 aliphatic heterocycles. The van der Waals surface area contributed by atoms with Gasteiger partial charge in [-0.3, -0.25) is 9.59 Å². The van der Waals surface area contributed by atoms with Gasteiger partial charge in [0.2, 0.25) is 5.91 Å². The van der Waals surface area contributed by atoms with Crippen molar-refractivity contribution in [1.29, 1.82) is 0 Å². The van der Waals surface area contributed by atoms with Gasteiger partial charge in [0.25, 0.3) is 0 Å². The van der Waals surface area contributed by atoms with Gasteiger partial charge >= 0.3 is 5.97 Å². The average Bonchev–Trinajstić information content (AvgIpc) is 2.97. The van der Waals surface area contributed by atoms with Crippen LogP contribution in [-0.2, 0) is 14.3 Å². The number of aliphatic carboxylic acids is 1. The lowest BCUT2D eigenvalue weighted by Gasteiger charge is -2.28. The van der Waals surface area contributed by atoms with Gasteiger partial charge < -0.3 is 20.1 Å². The molecule has 6 nitrogen and oxygen atoms in total. The summed E-state index contributed by atoms with van der Waals surface area (Å²) in [6.45, 7) is 2.04. The maximum absolute atomic E-state index is 12.4. The van der Waals surface area contributed by atoms with Crippen LogP contribution in [0.3, 0.4) is 0 Å². The molecule has 106 valence electrons. The second-order valence-electron chi connectivity index (χ2n) is 5.71. The molecule has 2 N–H and O–H groups in total. The highest BCUT2D eigenvalue weighted by Gasteiger charge is 2.51. The highest BCUT2D eigenvalue weighted by atomic mass is 16.5. The number of carboxylic acids is 1. The highest BCUT2D eigenvalue weighted by Crippen LogP contribution is 2.42. The van der Waals surface area contributed by atoms with Gasteiger partial charge in [0.15, 0.2) is 0 Å². The van der Waals surface area contributed by atoms with E-state index in [1.807, 2.05) is 4.90 Å². The molecule has 0 aromatic carbocycles. The van der Waals surface area contributed by atoms with E-state index in [-0.39, 0.29) is 30.0 Å². The molecular weight excluding hydrogens is 248 g/mol. The summed E-state index contributed by atoms with van der Waals surface area (Å²) in [5.41, 5.74) is 0. The van der Waals surface area contributed by atoms with Crippen molar-refractivity contribution in [2.75, 3.05) is 19.8 Å². The lowest BCUT2D eigenvalue weighted by atomic mass is 9.89. The smallest absolute Gasteiger partial charge is 0.308 e. The van der Waals surface area contributed by atoms with E-state index in [1.54, 1.807) is 0 Å². The Bertz CT molecular complexity index is 381. The largest absolute Gasteiger partial charge is 0.481 e. The molecule has 1 amide bonds. The van der Waals surface area contributed by atoms with Gasteiger partial charge in [-0.15, -0.1) is 0 Å². The van der Waals surface area contributed by atoms with E-state index >= 15 is 0 Å². The number of rotatable bonds is 3. The number of morpholine rings is 1. The standard InChI is InChI=1S/C13H20N2O4/c16-12(5-8-7-19-4-3-14-8)15-9-1-2-11(15)10(6-9)13(17)18/h8-11,14H,1-7H2,(H,17,18). The van der Waals surface area contributed by atoms with Gasteiger partial charge in [0.1, 0.15) is 0 Å². The first-order valence-corrected chi connectivity index (χ1v) is 7.02. The van der Waals surface area contributed by atoms with Gasteiger partial charge in [0, 0.05) is 31.1 Å². The Labute approximate surface area is 112 Å². The van der Waals surface area contributed by atoms with Crippen LogP contribution in [-0.4, -0.2) is 59.8 Å². The molecule has 3 fully saturated rings. The Kier molecular flexibility index (Phi) is 3.45. The highest BCUT2D eigenvalue weighted by molar-refractivity contribution is 5.81. The molecule has 0 saturated carbocycles. The zero-order valence-corrected chi connectivity index (χ0v) is 10.9. The molecule has 3 saturated heterocycles. The van der Waals surface area contributed by atoms with Gasteiger partial charge in [-0.05, 0) is 19.3 Å². The van der Waals surface area contributed by atoms with Crippen molar-refractivity contribution < 1.29 is 19.4 Å². The first kappa shape index (κ1) is 12.9. The Hall–Kier alpha value is -1.14. The number of nitrogens with zero attached hydrogens (tertiary/aromatic N) is 1. The monoisotopic (exact) mass is 268 g/mol. The van der Waals surface area contributed by atoms with Crippen molar-refractivity contribution in [1.82, 2.24) is 10.2 Å². The number of amides is 1. The summed E-state index contributed by atoms with van der Waals surface area (Å²) >= 11 is 0. The van der Waals surface area contributed by atoms with Crippen molar-refractivity contribution in [3.8, 4) is 0 Å². The van der Waals surface area contributed by atoms with Crippen LogP contribution in [0.5, 0.6) is 0 Å². The number of carbonyl (C=O) groups excluding carboxylic acids is 1. The van der Waals surface area contributed by atoms with Crippen molar-refractivity contribution in [2.45, 2.75) is 43.8 Å². The third-order valence-electron chi connectivity index (χ3n) is 4.56. The Morgan fingerprint density at radius 1 is 1.37 bits per heavy atom. The molecule has 0 aromatic heterocycles. The van der Waals surface area contributed by atoms with Gasteiger partial charge in [-0.25, -0.2) is 0 Å². The second kappa shape index (κ2) is 5.09. The molecule has 3 aliphatic rings. The molecule has 19 heavy (non-hydrogen) atoms. The molecule has 6 heteroatoms. The molecule has 4 atom stereocenters. The number of nitrogens with one attached hydrogen (secondary N) is 1. The molecular formula is C13H20N2O4. The first-order valence-electron chi connectivity index (χ1n) is 7.02. The first-order chi connectivity index (χ1) is 9.16. The van der Waals surface area contributed by atoms with Crippen LogP contribution in [0.15, 0.2) is 0 Å². The van der Waals surface area contributed by atoms with E-state index in [9.17, 15) is 14.7 Å². The van der Waals surface area contributed by atoms with Crippen LogP contribution in [0.4, 0.5) is 0 Å². The summed E-state index contributed by atoms with van der Waals surface area (Å²) < 4.78 is 5.35. The molecule has 2 bridgehead atoms. The zero-order valence-electron chi connectivity index (χ0n) is 10.9. The summed E-state index contributed by atoms with van der Waals surface area (Å²) in [5, 5.41) is 12.5. The number of hydrogen-bond donors (Lipinski definition) is 2. The van der Waals surface area contributed by atoms with Gasteiger partial charge in [-0.2, -0.15) is 0 Å². The van der Waals surface area contributed by atoms with E-state index in [2.05, 4.69) is 5.32 Å². The minimum atomic E-state index is -0.760. The van der Waals surface area contributed by atoms with Crippen LogP contribution >= 0.6 is 0 Å². The third kappa shape index (κ3) is 2.34. The average molecular weight is 268 g/mol. The predicted octanol–water partition coefficient (Wildman–Crippen LogP) is -0.171. The molecule has 3 heterocycles. The quantitative estimate of drug-likeness (QED) is 0.743. The Morgan fingerprint density at radius 3 is 2.84 bits per heavy atom. The van der Waals surface area contributed by atoms with Crippen molar-refractivity contribution >= 4 is 11.9 Å². The van der Waals surface area contributed by atoms with Crippen LogP contribution in [0.1, 0.15) is 25.7 Å². The van der Waals surface area contributed by atoms with Crippen LogP contribution < -0.4 is 5.32 Å². The van der Waals surface area contributed by atoms with E-state index in [0.717, 1.165) is 19.4 Å². The number of ether oxygens (including phenoxy) is 1. The Balaban J connectivity index is 1.62. The molecule has 0 radical (unpaired) electrons. The molecule has 0 spiro atoms. The predicted molar refractivity (Wildman–Crippen MR) is 66.6 cm³/mol. The number of hydrogen-bond acceptors (Lipinski definition) is 4. The Morgan fingerprint density at radius 2 is 2.21 bits per heavy atom. The zero-order chi connectivity index (χ0) is 13.4. The van der Waals surface area contributed by atoms with Crippen LogP contribution in [0, 0.1) is 5.92 Å². The maximum atomic E-state index is 12.4. The minimum Gasteiger partial charge on any atom is -0.481 e. The summed E-state index contributed by atoms with van der Waals surface area (Å²) in [5.74, 6) is -1.04. The van der Waals surface area contributed by atoms with Crippen LogP contribution in [0.2, 0.25) is 0 Å². The summed E-state index contributed by atoms with van der Waals surface area (Å²) in [6, 6.07) is 0.132. The van der Waals surface area contributed by atoms with E-state index in [0.29, 0.717) is 26.1 Å². The van der Waals surface area contributed by atoms with E-state index in [4.69, 9.17) is 4.74 Å². The number of fused-ring (bicyclic) bond motifs is 2. The SMILES string of the molecule is O=C(O)C1CC2CCC1N2C(=O)CC1COCCN1. The van der Waals surface area contributed by atoms with Crippen molar-refractivity contribution in [2.24, 2.45) is 5.92 Å². The fraction of sp³-hybridized carbons (Fsp3) is 0.846. The fourth-order valence-electron chi connectivity index (χ4n) is 3.71. The third-order valence-corrected chi connectivity index (χ3v) is 4.56. The minimum absolute atomic E-state index is 0.0736. The normalized spacial score (nSPS) is 37.6. The molecule has 0 aromatic rings. The van der Waals surface area contributed by atoms with Crippen molar-refractivity contribution in [3.05, 3.63) is 0 Å². The second-order valence-corrected chi connectivity index (χ2v) is 5.71. The molecule has 3 rings (SSSR count).